The van der Waals surface area contributed by atoms with Crippen LogP contribution in [0.4, 0.5) is 0 Å². The molecule has 0 aliphatic rings. The van der Waals surface area contributed by atoms with Gasteiger partial charge in [-0.25, -0.2) is 8.42 Å². The highest BCUT2D eigenvalue weighted by Crippen LogP contribution is 2.13. The predicted octanol–water partition coefficient (Wildman–Crippen LogP) is -0.0983. The van der Waals surface area contributed by atoms with Crippen molar-refractivity contribution >= 4 is 33.0 Å². The molecular weight excluding hydrogens is 310 g/mol. The molecule has 0 fully saturated rings. The first-order valence-corrected chi connectivity index (χ1v) is 8.45. The molecule has 1 rings (SSSR count). The number of hydrogen-bond acceptors (Lipinski definition) is 5. The maximum atomic E-state index is 12.2. The average molecular weight is 329 g/mol. The van der Waals surface area contributed by atoms with Crippen LogP contribution in [-0.4, -0.2) is 49.6 Å². The van der Waals surface area contributed by atoms with E-state index in [0.29, 0.717) is 12.1 Å². The molecule has 0 heterocycles. The SMILES string of the molecule is CCN(CCS(=O)(=O)c1ccc(C(N)=S)cc1)CC(N)=O. The van der Waals surface area contributed by atoms with Gasteiger partial charge in [0.05, 0.1) is 17.2 Å². The van der Waals surface area contributed by atoms with Crippen molar-refractivity contribution in [2.24, 2.45) is 11.5 Å². The molecule has 0 unspecified atom stereocenters. The summed E-state index contributed by atoms with van der Waals surface area (Å²) in [6.45, 7) is 2.69. The minimum Gasteiger partial charge on any atom is -0.389 e. The third-order valence-electron chi connectivity index (χ3n) is 3.00. The molecule has 0 saturated heterocycles. The summed E-state index contributed by atoms with van der Waals surface area (Å²) >= 11 is 4.82. The normalized spacial score (nSPS) is 11.5. The number of thiocarbonyl (C=S) groups is 1. The summed E-state index contributed by atoms with van der Waals surface area (Å²) in [5.74, 6) is -0.560. The van der Waals surface area contributed by atoms with Crippen LogP contribution in [0.15, 0.2) is 29.2 Å². The molecule has 1 aromatic rings. The molecule has 8 heteroatoms. The van der Waals surface area contributed by atoms with Gasteiger partial charge >= 0.3 is 0 Å². The van der Waals surface area contributed by atoms with Gasteiger partial charge < -0.3 is 11.5 Å². The van der Waals surface area contributed by atoms with E-state index < -0.39 is 15.7 Å². The predicted molar refractivity (Wildman–Crippen MR) is 85.7 cm³/mol. The number of carbonyl (C=O) groups is 1. The average Bonchev–Trinajstić information content (AvgIpc) is 2.43. The summed E-state index contributed by atoms with van der Waals surface area (Å²) in [5, 5.41) is 0. The largest absolute Gasteiger partial charge is 0.389 e. The van der Waals surface area contributed by atoms with Crippen molar-refractivity contribution in [1.82, 2.24) is 4.90 Å². The molecule has 0 radical (unpaired) electrons. The number of primary amides is 1. The van der Waals surface area contributed by atoms with Crippen LogP contribution in [0.25, 0.3) is 0 Å². The molecule has 0 bridgehead atoms. The van der Waals surface area contributed by atoms with E-state index in [2.05, 4.69) is 0 Å². The molecule has 0 spiro atoms. The van der Waals surface area contributed by atoms with Crippen molar-refractivity contribution in [2.75, 3.05) is 25.4 Å². The molecule has 1 amide bonds. The number of sulfone groups is 1. The molecule has 0 aliphatic carbocycles. The van der Waals surface area contributed by atoms with E-state index in [4.69, 9.17) is 23.7 Å². The van der Waals surface area contributed by atoms with Crippen molar-refractivity contribution in [3.63, 3.8) is 0 Å². The van der Waals surface area contributed by atoms with Gasteiger partial charge in [0.1, 0.15) is 4.99 Å². The van der Waals surface area contributed by atoms with E-state index in [1.54, 1.807) is 17.0 Å². The number of likely N-dealkylation sites (N-methyl/N-ethyl adjacent to an activating group) is 1. The second-order valence-electron chi connectivity index (χ2n) is 4.54. The number of benzene rings is 1. The van der Waals surface area contributed by atoms with Gasteiger partial charge in [-0.05, 0) is 18.7 Å². The van der Waals surface area contributed by atoms with Gasteiger partial charge in [0.2, 0.25) is 5.91 Å². The number of nitrogens with two attached hydrogens (primary N) is 2. The van der Waals surface area contributed by atoms with Gasteiger partial charge in [-0.15, -0.1) is 0 Å². The van der Waals surface area contributed by atoms with E-state index in [-0.39, 0.29) is 28.7 Å². The Morgan fingerprint density at radius 3 is 2.24 bits per heavy atom. The van der Waals surface area contributed by atoms with Crippen LogP contribution in [0.2, 0.25) is 0 Å². The summed E-state index contributed by atoms with van der Waals surface area (Å²) in [7, 11) is -3.42. The first kappa shape index (κ1) is 17.5. The van der Waals surface area contributed by atoms with Crippen LogP contribution in [0.3, 0.4) is 0 Å². The Labute approximate surface area is 130 Å². The zero-order chi connectivity index (χ0) is 16.0. The Hall–Kier alpha value is -1.51. The highest BCUT2D eigenvalue weighted by molar-refractivity contribution is 7.91. The van der Waals surface area contributed by atoms with Gasteiger partial charge in [-0.1, -0.05) is 31.3 Å². The molecular formula is C13H19N3O3S2. The van der Waals surface area contributed by atoms with Crippen LogP contribution < -0.4 is 11.5 Å². The van der Waals surface area contributed by atoms with Gasteiger partial charge in [0, 0.05) is 12.1 Å². The zero-order valence-corrected chi connectivity index (χ0v) is 13.4. The van der Waals surface area contributed by atoms with E-state index in [0.717, 1.165) is 0 Å². The van der Waals surface area contributed by atoms with Crippen LogP contribution in [0.1, 0.15) is 12.5 Å². The minimum atomic E-state index is -3.42. The van der Waals surface area contributed by atoms with Gasteiger partial charge in [-0.3, -0.25) is 9.69 Å². The summed E-state index contributed by atoms with van der Waals surface area (Å²) in [6.07, 6.45) is 0. The Kier molecular flexibility index (Phi) is 6.25. The topological polar surface area (TPSA) is 106 Å². The lowest BCUT2D eigenvalue weighted by atomic mass is 10.2. The van der Waals surface area contributed by atoms with E-state index in [9.17, 15) is 13.2 Å². The van der Waals surface area contributed by atoms with Crippen molar-refractivity contribution in [2.45, 2.75) is 11.8 Å². The molecule has 0 aromatic heterocycles. The Bertz CT molecular complexity index is 612. The van der Waals surface area contributed by atoms with E-state index in [1.807, 2.05) is 6.92 Å². The van der Waals surface area contributed by atoms with Crippen molar-refractivity contribution in [3.8, 4) is 0 Å². The zero-order valence-electron chi connectivity index (χ0n) is 11.8. The van der Waals surface area contributed by atoms with Crippen LogP contribution >= 0.6 is 12.2 Å². The van der Waals surface area contributed by atoms with Crippen molar-refractivity contribution in [1.29, 1.82) is 0 Å². The van der Waals surface area contributed by atoms with E-state index >= 15 is 0 Å². The Morgan fingerprint density at radius 2 is 1.81 bits per heavy atom. The monoisotopic (exact) mass is 329 g/mol. The number of rotatable bonds is 8. The number of carbonyl (C=O) groups excluding carboxylic acids is 1. The number of amides is 1. The third kappa shape index (κ3) is 5.41. The maximum absolute atomic E-state index is 12.2. The molecule has 4 N–H and O–H groups in total. The number of hydrogen-bond donors (Lipinski definition) is 2. The fourth-order valence-corrected chi connectivity index (χ4v) is 3.18. The second kappa shape index (κ2) is 7.48. The lowest BCUT2D eigenvalue weighted by Gasteiger charge is -2.18. The van der Waals surface area contributed by atoms with E-state index in [1.165, 1.54) is 12.1 Å². The lowest BCUT2D eigenvalue weighted by molar-refractivity contribution is -0.119. The smallest absolute Gasteiger partial charge is 0.231 e. The fourth-order valence-electron chi connectivity index (χ4n) is 1.76. The van der Waals surface area contributed by atoms with Crippen molar-refractivity contribution in [3.05, 3.63) is 29.8 Å². The van der Waals surface area contributed by atoms with Gasteiger partial charge in [-0.2, -0.15) is 0 Å². The fraction of sp³-hybridized carbons (Fsp3) is 0.385. The first-order valence-electron chi connectivity index (χ1n) is 6.39. The quantitative estimate of drug-likeness (QED) is 0.645. The second-order valence-corrected chi connectivity index (χ2v) is 7.09. The standard InChI is InChI=1S/C13H19N3O3S2/c1-2-16(9-12(14)17)7-8-21(18,19)11-5-3-10(4-6-11)13(15)20/h3-6H,2,7-9H2,1H3,(H2,14,17)(H2,15,20). The molecule has 0 atom stereocenters. The molecule has 0 aliphatic heterocycles. The van der Waals surface area contributed by atoms with Crippen LogP contribution in [-0.2, 0) is 14.6 Å². The summed E-state index contributed by atoms with van der Waals surface area (Å²) in [4.78, 5) is 13.0. The molecule has 116 valence electrons. The number of nitrogens with zero attached hydrogens (tertiary/aromatic N) is 1. The third-order valence-corrected chi connectivity index (χ3v) is 4.95. The summed E-state index contributed by atoms with van der Waals surface area (Å²) in [5.41, 5.74) is 11.2. The van der Waals surface area contributed by atoms with Gasteiger partial charge in [0.25, 0.3) is 0 Å². The molecule has 21 heavy (non-hydrogen) atoms. The summed E-state index contributed by atoms with van der Waals surface area (Å²) in [6, 6.07) is 6.12. The van der Waals surface area contributed by atoms with Crippen LogP contribution in [0, 0.1) is 0 Å². The Balaban J connectivity index is 2.76. The summed E-state index contributed by atoms with van der Waals surface area (Å²) < 4.78 is 24.4. The first-order chi connectivity index (χ1) is 9.76. The molecule has 0 saturated carbocycles. The highest BCUT2D eigenvalue weighted by atomic mass is 32.2. The minimum absolute atomic E-state index is 0.0480. The highest BCUT2D eigenvalue weighted by Gasteiger charge is 2.17. The van der Waals surface area contributed by atoms with Crippen molar-refractivity contribution < 1.29 is 13.2 Å². The maximum Gasteiger partial charge on any atom is 0.231 e. The van der Waals surface area contributed by atoms with Crippen LogP contribution in [0.5, 0.6) is 0 Å². The van der Waals surface area contributed by atoms with Gasteiger partial charge in [0.15, 0.2) is 9.84 Å². The Morgan fingerprint density at radius 1 is 1.24 bits per heavy atom. The molecule has 1 aromatic carbocycles. The molecule has 6 nitrogen and oxygen atoms in total. The lowest BCUT2D eigenvalue weighted by Crippen LogP contribution is -2.36.